The minimum atomic E-state index is -4.93. The summed E-state index contributed by atoms with van der Waals surface area (Å²) in [6.45, 7) is 6.69. The van der Waals surface area contributed by atoms with Crippen molar-refractivity contribution in [1.82, 2.24) is 19.9 Å². The van der Waals surface area contributed by atoms with Crippen LogP contribution < -0.4 is 15.8 Å². The number of carbonyl (C=O) groups is 1. The molecule has 1 saturated heterocycles. The Morgan fingerprint density at radius 2 is 1.73 bits per heavy atom. The van der Waals surface area contributed by atoms with Gasteiger partial charge in [-0.3, -0.25) is 14.5 Å². The number of hydrogen-bond donors (Lipinski definition) is 2. The smallest absolute Gasteiger partial charge is 0.367 e. The summed E-state index contributed by atoms with van der Waals surface area (Å²) in [7, 11) is 1.98. The van der Waals surface area contributed by atoms with Gasteiger partial charge in [0.05, 0.1) is 22.5 Å². The summed E-state index contributed by atoms with van der Waals surface area (Å²) in [5.74, 6) is -1.22. The Kier molecular flexibility index (Phi) is 7.05. The van der Waals surface area contributed by atoms with E-state index in [0.29, 0.717) is 36.2 Å². The number of aromatic nitrogens is 3. The molecule has 0 radical (unpaired) electrons. The number of carbonyl (C=O) groups excluding carboxylic acids is 1. The van der Waals surface area contributed by atoms with Crippen LogP contribution in [0.25, 0.3) is 11.1 Å². The molecule has 2 N–H and O–H groups in total. The zero-order chi connectivity index (χ0) is 27.1. The van der Waals surface area contributed by atoms with E-state index < -0.39 is 34.6 Å². The van der Waals surface area contributed by atoms with Crippen molar-refractivity contribution in [3.05, 3.63) is 69.9 Å². The van der Waals surface area contributed by atoms with Crippen molar-refractivity contribution in [2.75, 3.05) is 30.4 Å². The fourth-order valence-corrected chi connectivity index (χ4v) is 4.36. The fraction of sp³-hybridized carbons (Fsp3) is 0.360. The molecule has 37 heavy (non-hydrogen) atoms. The molecule has 3 aromatic rings. The molecule has 2 aromatic heterocycles. The average Bonchev–Trinajstić information content (AvgIpc) is 2.83. The summed E-state index contributed by atoms with van der Waals surface area (Å²) in [6, 6.07) is 3.14. The number of hydrogen-bond acceptors (Lipinski definition) is 6. The van der Waals surface area contributed by atoms with E-state index in [1.165, 1.54) is 24.5 Å². The number of amides is 1. The summed E-state index contributed by atoms with van der Waals surface area (Å²) >= 11 is 0. The number of rotatable bonds is 4. The molecule has 0 aliphatic carbocycles. The van der Waals surface area contributed by atoms with Gasteiger partial charge in [-0.25, -0.2) is 14.4 Å². The van der Waals surface area contributed by atoms with Crippen LogP contribution in [-0.4, -0.2) is 58.0 Å². The van der Waals surface area contributed by atoms with Crippen LogP contribution in [0.2, 0.25) is 0 Å². The maximum absolute atomic E-state index is 15.4. The number of pyridine rings is 1. The lowest BCUT2D eigenvalue weighted by Crippen LogP contribution is -2.55. The van der Waals surface area contributed by atoms with Crippen LogP contribution in [0.1, 0.15) is 35.6 Å². The molecule has 1 aromatic carbocycles. The Morgan fingerprint density at radius 3 is 2.32 bits per heavy atom. The maximum Gasteiger partial charge on any atom is 0.417 e. The number of aromatic amines is 1. The van der Waals surface area contributed by atoms with Crippen molar-refractivity contribution in [1.29, 1.82) is 0 Å². The lowest BCUT2D eigenvalue weighted by atomic mass is 10.0. The van der Waals surface area contributed by atoms with Gasteiger partial charge in [-0.05, 0) is 40.0 Å². The Bertz CT molecular complexity index is 1360. The van der Waals surface area contributed by atoms with Crippen LogP contribution in [0.4, 0.5) is 28.9 Å². The van der Waals surface area contributed by atoms with Crippen molar-refractivity contribution in [3.63, 3.8) is 0 Å². The Labute approximate surface area is 210 Å². The molecular weight excluding hydrogens is 492 g/mol. The first-order valence-electron chi connectivity index (χ1n) is 11.6. The molecule has 1 aliphatic rings. The van der Waals surface area contributed by atoms with E-state index in [4.69, 9.17) is 0 Å². The second-order valence-corrected chi connectivity index (χ2v) is 9.21. The SMILES string of the molecule is Cc1ncc(-c2cc(NC(=O)c3c[nH]c(=O)cc3C(F)(F)F)c(N3C[C@@H](C)N(C)[C@@H](C)C3)cc2F)cn1. The standard InChI is InChI=1S/C25H26F4N6O2/c1-13-11-35(12-14(2)34(13)4)22-7-20(26)17(16-8-30-15(3)31-9-16)5-21(22)33-24(37)18-10-32-23(36)6-19(18)25(27,28)29/h5-10,13-14H,11-12H2,1-4H3,(H,32,36)(H,33,37)/t13-,14+. The number of nitrogens with zero attached hydrogens (tertiary/aromatic N) is 4. The summed E-state index contributed by atoms with van der Waals surface area (Å²) < 4.78 is 56.1. The van der Waals surface area contributed by atoms with Crippen molar-refractivity contribution in [3.8, 4) is 11.1 Å². The van der Waals surface area contributed by atoms with Gasteiger partial charge in [-0.2, -0.15) is 13.2 Å². The van der Waals surface area contributed by atoms with Gasteiger partial charge in [0, 0.05) is 61.0 Å². The predicted molar refractivity (Wildman–Crippen MR) is 131 cm³/mol. The zero-order valence-electron chi connectivity index (χ0n) is 20.7. The summed E-state index contributed by atoms with van der Waals surface area (Å²) in [4.78, 5) is 39.0. The van der Waals surface area contributed by atoms with Gasteiger partial charge in [0.1, 0.15) is 11.6 Å². The second-order valence-electron chi connectivity index (χ2n) is 9.21. The van der Waals surface area contributed by atoms with Gasteiger partial charge in [0.15, 0.2) is 0 Å². The summed E-state index contributed by atoms with van der Waals surface area (Å²) in [5.41, 5.74) is -2.27. The highest BCUT2D eigenvalue weighted by molar-refractivity contribution is 6.07. The number of alkyl halides is 3. The van der Waals surface area contributed by atoms with Gasteiger partial charge < -0.3 is 15.2 Å². The number of H-pyrrole nitrogens is 1. The average molecular weight is 519 g/mol. The lowest BCUT2D eigenvalue weighted by molar-refractivity contribution is -0.138. The van der Waals surface area contributed by atoms with Crippen molar-refractivity contribution in [2.24, 2.45) is 0 Å². The third-order valence-corrected chi connectivity index (χ3v) is 6.60. The van der Waals surface area contributed by atoms with Crippen molar-refractivity contribution >= 4 is 17.3 Å². The Balaban J connectivity index is 1.81. The fourth-order valence-electron chi connectivity index (χ4n) is 4.36. The minimum absolute atomic E-state index is 0.0757. The van der Waals surface area contributed by atoms with E-state index >= 15 is 4.39 Å². The first-order valence-corrected chi connectivity index (χ1v) is 11.6. The van der Waals surface area contributed by atoms with Gasteiger partial charge in [0.2, 0.25) is 5.56 Å². The first kappa shape index (κ1) is 26.3. The molecule has 0 unspecified atom stereocenters. The molecule has 196 valence electrons. The number of likely N-dealkylation sites (N-methyl/N-ethyl adjacent to an activating group) is 1. The molecule has 1 fully saturated rings. The first-order chi connectivity index (χ1) is 17.3. The molecule has 2 atom stereocenters. The van der Waals surface area contributed by atoms with Gasteiger partial charge in [-0.1, -0.05) is 0 Å². The van der Waals surface area contributed by atoms with Crippen LogP contribution in [0.15, 0.2) is 41.6 Å². The zero-order valence-corrected chi connectivity index (χ0v) is 20.7. The van der Waals surface area contributed by atoms with Gasteiger partial charge in [-0.15, -0.1) is 0 Å². The van der Waals surface area contributed by atoms with Crippen molar-refractivity contribution in [2.45, 2.75) is 39.0 Å². The molecule has 1 aliphatic heterocycles. The highest BCUT2D eigenvalue weighted by atomic mass is 19.4. The molecule has 1 amide bonds. The lowest BCUT2D eigenvalue weighted by Gasteiger charge is -2.44. The largest absolute Gasteiger partial charge is 0.417 e. The van der Waals surface area contributed by atoms with E-state index in [-0.39, 0.29) is 23.3 Å². The highest BCUT2D eigenvalue weighted by Crippen LogP contribution is 2.37. The third kappa shape index (κ3) is 5.48. The van der Waals surface area contributed by atoms with E-state index in [0.717, 1.165) is 6.20 Å². The topological polar surface area (TPSA) is 94.2 Å². The number of piperazine rings is 1. The molecule has 0 bridgehead atoms. The van der Waals surface area contributed by atoms with E-state index in [1.807, 2.05) is 25.8 Å². The quantitative estimate of drug-likeness (QED) is 0.506. The second kappa shape index (κ2) is 9.92. The third-order valence-electron chi connectivity index (χ3n) is 6.60. The molecule has 0 spiro atoms. The Morgan fingerprint density at radius 1 is 1.11 bits per heavy atom. The monoisotopic (exact) mass is 518 g/mol. The van der Waals surface area contributed by atoms with E-state index in [2.05, 4.69) is 25.2 Å². The van der Waals surface area contributed by atoms with Crippen LogP contribution in [0, 0.1) is 12.7 Å². The summed E-state index contributed by atoms with van der Waals surface area (Å²) in [5, 5.41) is 2.52. The van der Waals surface area contributed by atoms with Crippen LogP contribution in [-0.2, 0) is 6.18 Å². The maximum atomic E-state index is 15.4. The van der Waals surface area contributed by atoms with Gasteiger partial charge in [0.25, 0.3) is 5.91 Å². The Hall–Kier alpha value is -3.80. The highest BCUT2D eigenvalue weighted by Gasteiger charge is 2.36. The van der Waals surface area contributed by atoms with Gasteiger partial charge >= 0.3 is 6.18 Å². The number of aryl methyl sites for hydroxylation is 1. The molecular formula is C25H26F4N6O2. The van der Waals surface area contributed by atoms with E-state index in [1.54, 1.807) is 6.92 Å². The van der Waals surface area contributed by atoms with Crippen LogP contribution in [0.3, 0.4) is 0 Å². The van der Waals surface area contributed by atoms with Crippen molar-refractivity contribution < 1.29 is 22.4 Å². The molecule has 4 rings (SSSR count). The predicted octanol–water partition coefficient (Wildman–Crippen LogP) is 4.08. The number of halogens is 4. The van der Waals surface area contributed by atoms with Crippen LogP contribution in [0.5, 0.6) is 0 Å². The molecule has 8 nitrogen and oxygen atoms in total. The number of nitrogens with one attached hydrogen (secondary N) is 2. The van der Waals surface area contributed by atoms with Crippen LogP contribution >= 0.6 is 0 Å². The number of benzene rings is 1. The van der Waals surface area contributed by atoms with E-state index in [9.17, 15) is 22.8 Å². The summed E-state index contributed by atoms with van der Waals surface area (Å²) in [6.07, 6.45) is -1.36. The minimum Gasteiger partial charge on any atom is -0.367 e. The molecule has 0 saturated carbocycles. The normalized spacial score (nSPS) is 18.6. The number of anilines is 2. The molecule has 3 heterocycles. The molecule has 12 heteroatoms.